The van der Waals surface area contributed by atoms with Crippen LogP contribution in [0.2, 0.25) is 0 Å². The van der Waals surface area contributed by atoms with E-state index in [0.717, 1.165) is 30.9 Å². The zero-order valence-corrected chi connectivity index (χ0v) is 11.9. The molecule has 2 heterocycles. The van der Waals surface area contributed by atoms with Crippen molar-refractivity contribution in [3.05, 3.63) is 35.8 Å². The Morgan fingerprint density at radius 3 is 2.95 bits per heavy atom. The molecule has 0 aliphatic heterocycles. The smallest absolute Gasteiger partial charge is 0.137 e. The Bertz CT molecular complexity index is 533. The van der Waals surface area contributed by atoms with Crippen molar-refractivity contribution in [3.8, 4) is 0 Å². The van der Waals surface area contributed by atoms with E-state index in [1.807, 2.05) is 20.0 Å². The first-order valence-electron chi connectivity index (χ1n) is 6.89. The number of fused-ring (bicyclic) bond motifs is 1. The molecule has 0 aliphatic rings. The SMILES string of the molecule is Cc1ccn2c(CNCCC(O)C(C)C)cnc2c1. The molecule has 0 fully saturated rings. The summed E-state index contributed by atoms with van der Waals surface area (Å²) in [6.45, 7) is 7.74. The van der Waals surface area contributed by atoms with Gasteiger partial charge in [0.25, 0.3) is 0 Å². The van der Waals surface area contributed by atoms with Crippen LogP contribution in [0.4, 0.5) is 0 Å². The number of hydrogen-bond donors (Lipinski definition) is 2. The average Bonchev–Trinajstić information content (AvgIpc) is 2.76. The summed E-state index contributed by atoms with van der Waals surface area (Å²) in [6, 6.07) is 4.16. The van der Waals surface area contributed by atoms with Gasteiger partial charge >= 0.3 is 0 Å². The van der Waals surface area contributed by atoms with Crippen molar-refractivity contribution in [2.24, 2.45) is 5.92 Å². The maximum absolute atomic E-state index is 9.73. The first-order valence-corrected chi connectivity index (χ1v) is 6.89. The van der Waals surface area contributed by atoms with E-state index >= 15 is 0 Å². The van der Waals surface area contributed by atoms with Gasteiger partial charge in [-0.25, -0.2) is 4.98 Å². The molecular weight excluding hydrogens is 238 g/mol. The molecular formula is C15H23N3O. The fraction of sp³-hybridized carbons (Fsp3) is 0.533. The molecule has 0 saturated carbocycles. The third-order valence-corrected chi connectivity index (χ3v) is 3.44. The minimum atomic E-state index is -0.225. The highest BCUT2D eigenvalue weighted by Crippen LogP contribution is 2.09. The van der Waals surface area contributed by atoms with Gasteiger partial charge in [-0.3, -0.25) is 0 Å². The van der Waals surface area contributed by atoms with Crippen LogP contribution in [0.25, 0.3) is 5.65 Å². The number of pyridine rings is 1. The second-order valence-corrected chi connectivity index (χ2v) is 5.46. The number of nitrogens with zero attached hydrogens (tertiary/aromatic N) is 2. The number of nitrogens with one attached hydrogen (secondary N) is 1. The summed E-state index contributed by atoms with van der Waals surface area (Å²) < 4.78 is 2.10. The molecule has 4 nitrogen and oxygen atoms in total. The van der Waals surface area contributed by atoms with Gasteiger partial charge in [-0.1, -0.05) is 13.8 Å². The van der Waals surface area contributed by atoms with Gasteiger partial charge in [0, 0.05) is 12.7 Å². The molecule has 0 radical (unpaired) electrons. The van der Waals surface area contributed by atoms with Crippen molar-refractivity contribution in [1.82, 2.24) is 14.7 Å². The molecule has 1 unspecified atom stereocenters. The van der Waals surface area contributed by atoms with Crippen LogP contribution in [0.15, 0.2) is 24.5 Å². The summed E-state index contributed by atoms with van der Waals surface area (Å²) in [7, 11) is 0. The van der Waals surface area contributed by atoms with Crippen LogP contribution in [-0.2, 0) is 6.54 Å². The highest BCUT2D eigenvalue weighted by atomic mass is 16.3. The van der Waals surface area contributed by atoms with Gasteiger partial charge in [0.05, 0.1) is 18.0 Å². The maximum atomic E-state index is 9.73. The van der Waals surface area contributed by atoms with Crippen LogP contribution >= 0.6 is 0 Å². The first kappa shape index (κ1) is 14.0. The minimum Gasteiger partial charge on any atom is -0.393 e. The molecule has 104 valence electrons. The van der Waals surface area contributed by atoms with E-state index in [4.69, 9.17) is 0 Å². The summed E-state index contributed by atoms with van der Waals surface area (Å²) in [4.78, 5) is 4.40. The number of imidazole rings is 1. The lowest BCUT2D eigenvalue weighted by molar-refractivity contribution is 0.116. The van der Waals surface area contributed by atoms with Crippen LogP contribution in [-0.4, -0.2) is 27.1 Å². The first-order chi connectivity index (χ1) is 9.08. The number of aliphatic hydroxyl groups is 1. The molecule has 0 saturated heterocycles. The topological polar surface area (TPSA) is 49.6 Å². The monoisotopic (exact) mass is 261 g/mol. The van der Waals surface area contributed by atoms with Gasteiger partial charge in [0.1, 0.15) is 5.65 Å². The van der Waals surface area contributed by atoms with Gasteiger partial charge in [0.2, 0.25) is 0 Å². The van der Waals surface area contributed by atoms with E-state index in [1.165, 1.54) is 5.56 Å². The second-order valence-electron chi connectivity index (χ2n) is 5.46. The largest absolute Gasteiger partial charge is 0.393 e. The Hall–Kier alpha value is -1.39. The lowest BCUT2D eigenvalue weighted by Crippen LogP contribution is -2.23. The van der Waals surface area contributed by atoms with Crippen LogP contribution in [0.1, 0.15) is 31.5 Å². The molecule has 0 aliphatic carbocycles. The van der Waals surface area contributed by atoms with Crippen LogP contribution in [0.5, 0.6) is 0 Å². The highest BCUT2D eigenvalue weighted by Gasteiger charge is 2.08. The summed E-state index contributed by atoms with van der Waals surface area (Å²) >= 11 is 0. The lowest BCUT2D eigenvalue weighted by Gasteiger charge is -2.14. The van der Waals surface area contributed by atoms with Crippen LogP contribution in [0.3, 0.4) is 0 Å². The molecule has 2 aromatic rings. The zero-order valence-electron chi connectivity index (χ0n) is 11.9. The molecule has 0 spiro atoms. The highest BCUT2D eigenvalue weighted by molar-refractivity contribution is 5.42. The Balaban J connectivity index is 1.88. The van der Waals surface area contributed by atoms with Gasteiger partial charge in [-0.05, 0) is 43.5 Å². The Morgan fingerprint density at radius 2 is 2.21 bits per heavy atom. The lowest BCUT2D eigenvalue weighted by atomic mass is 10.0. The molecule has 0 aromatic carbocycles. The predicted octanol–water partition coefficient (Wildman–Crippen LogP) is 2.14. The maximum Gasteiger partial charge on any atom is 0.137 e. The number of rotatable bonds is 6. The number of aromatic nitrogens is 2. The quantitative estimate of drug-likeness (QED) is 0.783. The Morgan fingerprint density at radius 1 is 1.42 bits per heavy atom. The Labute approximate surface area is 114 Å². The molecule has 0 bridgehead atoms. The number of aliphatic hydroxyl groups excluding tert-OH is 1. The summed E-state index contributed by atoms with van der Waals surface area (Å²) in [5.74, 6) is 0.320. The van der Waals surface area contributed by atoms with E-state index in [1.54, 1.807) is 0 Å². The summed E-state index contributed by atoms with van der Waals surface area (Å²) in [5.41, 5.74) is 3.35. The molecule has 2 rings (SSSR count). The second kappa shape index (κ2) is 6.17. The molecule has 2 aromatic heterocycles. The number of hydrogen-bond acceptors (Lipinski definition) is 3. The fourth-order valence-electron chi connectivity index (χ4n) is 2.07. The average molecular weight is 261 g/mol. The van der Waals surface area contributed by atoms with Gasteiger partial charge < -0.3 is 14.8 Å². The predicted molar refractivity (Wildman–Crippen MR) is 77.1 cm³/mol. The zero-order chi connectivity index (χ0) is 13.8. The third-order valence-electron chi connectivity index (χ3n) is 3.44. The summed E-state index contributed by atoms with van der Waals surface area (Å²) in [5, 5.41) is 13.1. The third kappa shape index (κ3) is 3.55. The molecule has 0 amide bonds. The Kier molecular flexibility index (Phi) is 4.56. The van der Waals surface area contributed by atoms with E-state index < -0.39 is 0 Å². The molecule has 4 heteroatoms. The van der Waals surface area contributed by atoms with Crippen molar-refractivity contribution in [2.75, 3.05) is 6.54 Å². The standard InChI is InChI=1S/C15H23N3O/c1-11(2)14(19)4-6-16-9-13-10-17-15-8-12(3)5-7-18(13)15/h5,7-8,10-11,14,16,19H,4,6,9H2,1-3H3. The van der Waals surface area contributed by atoms with Crippen molar-refractivity contribution >= 4 is 5.65 Å². The number of aryl methyl sites for hydroxylation is 1. The minimum absolute atomic E-state index is 0.225. The molecule has 1 atom stereocenters. The van der Waals surface area contributed by atoms with Crippen molar-refractivity contribution in [1.29, 1.82) is 0 Å². The van der Waals surface area contributed by atoms with E-state index in [0.29, 0.717) is 5.92 Å². The van der Waals surface area contributed by atoms with Gasteiger partial charge in [-0.15, -0.1) is 0 Å². The molecule has 19 heavy (non-hydrogen) atoms. The van der Waals surface area contributed by atoms with E-state index in [-0.39, 0.29) is 6.10 Å². The molecule has 2 N–H and O–H groups in total. The van der Waals surface area contributed by atoms with Crippen LogP contribution in [0, 0.1) is 12.8 Å². The van der Waals surface area contributed by atoms with Crippen molar-refractivity contribution in [3.63, 3.8) is 0 Å². The normalized spacial score (nSPS) is 13.3. The van der Waals surface area contributed by atoms with Crippen molar-refractivity contribution in [2.45, 2.75) is 39.8 Å². The van der Waals surface area contributed by atoms with Gasteiger partial charge in [-0.2, -0.15) is 0 Å². The van der Waals surface area contributed by atoms with E-state index in [9.17, 15) is 5.11 Å². The van der Waals surface area contributed by atoms with Crippen molar-refractivity contribution < 1.29 is 5.11 Å². The van der Waals surface area contributed by atoms with E-state index in [2.05, 4.69) is 40.0 Å². The van der Waals surface area contributed by atoms with Gasteiger partial charge in [0.15, 0.2) is 0 Å². The van der Waals surface area contributed by atoms with Crippen LogP contribution < -0.4 is 5.32 Å². The fourth-order valence-corrected chi connectivity index (χ4v) is 2.07. The summed E-state index contributed by atoms with van der Waals surface area (Å²) in [6.07, 6.45) is 4.52.